The quantitative estimate of drug-likeness (QED) is 0.316. The number of rotatable bonds is 7. The topological polar surface area (TPSA) is 138 Å². The Morgan fingerprint density at radius 2 is 1.91 bits per heavy atom. The number of hydrogen-bond acceptors (Lipinski definition) is 9. The van der Waals surface area contributed by atoms with Gasteiger partial charge in [-0.25, -0.2) is 18.2 Å². The smallest absolute Gasteiger partial charge is 0.353 e. The van der Waals surface area contributed by atoms with E-state index in [1.807, 2.05) is 38.1 Å². The lowest BCUT2D eigenvalue weighted by Gasteiger charge is -2.09. The third-order valence-corrected chi connectivity index (χ3v) is 5.79. The molecule has 9 nitrogen and oxygen atoms in total. The molecular weight excluding hydrogens is 444 g/mol. The van der Waals surface area contributed by atoms with Gasteiger partial charge in [0.05, 0.1) is 17.7 Å². The van der Waals surface area contributed by atoms with Crippen LogP contribution in [0.2, 0.25) is 0 Å². The van der Waals surface area contributed by atoms with Gasteiger partial charge in [0.2, 0.25) is 5.82 Å². The van der Waals surface area contributed by atoms with Crippen LogP contribution in [0.1, 0.15) is 31.2 Å². The van der Waals surface area contributed by atoms with Crippen LogP contribution in [0.5, 0.6) is 0 Å². The molecule has 0 amide bonds. The number of esters is 1. The summed E-state index contributed by atoms with van der Waals surface area (Å²) in [6.07, 6.45) is 2.41. The number of carbonyl (C=O) groups is 1. The molecule has 0 saturated carbocycles. The number of hydrogen-bond donors (Lipinski definition) is 1. The van der Waals surface area contributed by atoms with Crippen LogP contribution < -0.4 is 5.73 Å². The molecule has 0 unspecified atom stereocenters. The third kappa shape index (κ3) is 5.72. The van der Waals surface area contributed by atoms with Gasteiger partial charge in [-0.15, -0.1) is 0 Å². The molecule has 0 aliphatic heterocycles. The fourth-order valence-electron chi connectivity index (χ4n) is 2.98. The van der Waals surface area contributed by atoms with Crippen molar-refractivity contribution in [3.8, 4) is 11.4 Å². The minimum atomic E-state index is -3.41. The molecule has 0 bridgehead atoms. The van der Waals surface area contributed by atoms with Crippen LogP contribution in [0.3, 0.4) is 0 Å². The second-order valence-corrected chi connectivity index (χ2v) is 9.54. The first-order valence-corrected chi connectivity index (χ1v) is 11.9. The molecule has 10 heteroatoms. The highest BCUT2D eigenvalue weighted by Gasteiger charge is 2.18. The van der Waals surface area contributed by atoms with Crippen molar-refractivity contribution in [1.82, 2.24) is 10.1 Å². The maximum absolute atomic E-state index is 11.9. The monoisotopic (exact) mass is 468 g/mol. The standard InChI is InChI=1S/C23H24N4O5S/c1-14(2)17-10-5-6-11-19(17)25-20(13-18(24)23(28)31-3)22-26-21(27-32-22)15-8-7-9-16(12-15)33(4,29)30/h5-14H,24H2,1-4H3/b18-13-,25-20?. The molecule has 0 aliphatic rings. The van der Waals surface area contributed by atoms with Gasteiger partial charge in [-0.2, -0.15) is 4.98 Å². The van der Waals surface area contributed by atoms with E-state index in [1.165, 1.54) is 25.3 Å². The van der Waals surface area contributed by atoms with E-state index < -0.39 is 15.8 Å². The third-order valence-electron chi connectivity index (χ3n) is 4.68. The molecule has 0 fully saturated rings. The predicted octanol–water partition coefficient (Wildman–Crippen LogP) is 3.40. The Bertz CT molecular complexity index is 1340. The Hall–Kier alpha value is -3.79. The van der Waals surface area contributed by atoms with Crippen LogP contribution in [-0.2, 0) is 19.4 Å². The van der Waals surface area contributed by atoms with Gasteiger partial charge in [0.15, 0.2) is 9.84 Å². The van der Waals surface area contributed by atoms with Crippen molar-refractivity contribution in [1.29, 1.82) is 0 Å². The van der Waals surface area contributed by atoms with E-state index >= 15 is 0 Å². The number of ether oxygens (including phenoxy) is 1. The van der Waals surface area contributed by atoms with Gasteiger partial charge >= 0.3 is 5.97 Å². The number of aromatic nitrogens is 2. The lowest BCUT2D eigenvalue weighted by atomic mass is 10.0. The lowest BCUT2D eigenvalue weighted by Crippen LogP contribution is -2.15. The van der Waals surface area contributed by atoms with Crippen molar-refractivity contribution in [2.24, 2.45) is 10.7 Å². The second kappa shape index (κ2) is 9.78. The molecular formula is C23H24N4O5S. The van der Waals surface area contributed by atoms with Crippen LogP contribution in [0.4, 0.5) is 5.69 Å². The van der Waals surface area contributed by atoms with Gasteiger partial charge in [-0.05, 0) is 35.8 Å². The minimum Gasteiger partial charge on any atom is -0.464 e. The summed E-state index contributed by atoms with van der Waals surface area (Å²) in [5, 5.41) is 3.95. The Balaban J connectivity index is 2.12. The zero-order valence-electron chi connectivity index (χ0n) is 18.6. The molecule has 0 saturated heterocycles. The van der Waals surface area contributed by atoms with E-state index in [2.05, 4.69) is 19.9 Å². The summed E-state index contributed by atoms with van der Waals surface area (Å²) < 4.78 is 33.8. The molecule has 33 heavy (non-hydrogen) atoms. The molecule has 1 heterocycles. The van der Waals surface area contributed by atoms with Crippen LogP contribution in [0, 0.1) is 0 Å². The van der Waals surface area contributed by atoms with E-state index in [1.54, 1.807) is 12.1 Å². The van der Waals surface area contributed by atoms with Gasteiger partial charge in [0.1, 0.15) is 11.4 Å². The molecule has 1 aromatic heterocycles. The fourth-order valence-corrected chi connectivity index (χ4v) is 3.65. The summed E-state index contributed by atoms with van der Waals surface area (Å²) in [7, 11) is -2.20. The summed E-state index contributed by atoms with van der Waals surface area (Å²) in [5.74, 6) is -0.392. The molecule has 3 aromatic rings. The van der Waals surface area contributed by atoms with E-state index in [4.69, 9.17) is 10.3 Å². The lowest BCUT2D eigenvalue weighted by molar-refractivity contribution is -0.136. The molecule has 0 spiro atoms. The fraction of sp³-hybridized carbons (Fsp3) is 0.217. The SMILES string of the molecule is COC(=O)/C(N)=C/C(=Nc1ccccc1C(C)C)c1nc(-c2cccc(S(C)(=O)=O)c2)no1. The van der Waals surface area contributed by atoms with Gasteiger partial charge < -0.3 is 15.0 Å². The number of sulfone groups is 1. The van der Waals surface area contributed by atoms with Crippen molar-refractivity contribution >= 4 is 27.2 Å². The van der Waals surface area contributed by atoms with E-state index in [0.29, 0.717) is 11.3 Å². The highest BCUT2D eigenvalue weighted by molar-refractivity contribution is 7.90. The normalized spacial score (nSPS) is 12.8. The van der Waals surface area contributed by atoms with Gasteiger partial charge in [-0.3, -0.25) is 0 Å². The average Bonchev–Trinajstić information content (AvgIpc) is 3.28. The first kappa shape index (κ1) is 23.9. The molecule has 2 aromatic carbocycles. The molecule has 2 N–H and O–H groups in total. The number of aliphatic imine (C=N–C) groups is 1. The maximum Gasteiger partial charge on any atom is 0.353 e. The molecule has 0 radical (unpaired) electrons. The Labute approximate surface area is 191 Å². The van der Waals surface area contributed by atoms with Crippen LogP contribution in [-0.4, -0.2) is 43.6 Å². The zero-order valence-corrected chi connectivity index (χ0v) is 19.5. The van der Waals surface area contributed by atoms with Crippen LogP contribution >= 0.6 is 0 Å². The first-order chi connectivity index (χ1) is 15.6. The van der Waals surface area contributed by atoms with Crippen molar-refractivity contribution in [2.75, 3.05) is 13.4 Å². The van der Waals surface area contributed by atoms with Crippen molar-refractivity contribution < 1.29 is 22.5 Å². The zero-order chi connectivity index (χ0) is 24.2. The summed E-state index contributed by atoms with van der Waals surface area (Å²) in [4.78, 5) is 21.0. The van der Waals surface area contributed by atoms with Crippen LogP contribution in [0.15, 0.2) is 74.7 Å². The predicted molar refractivity (Wildman–Crippen MR) is 124 cm³/mol. The number of methoxy groups -OCH3 is 1. The number of para-hydroxylation sites is 1. The van der Waals surface area contributed by atoms with Crippen molar-refractivity contribution in [2.45, 2.75) is 24.7 Å². The summed E-state index contributed by atoms with van der Waals surface area (Å²) in [6, 6.07) is 13.7. The number of nitrogens with two attached hydrogens (primary N) is 1. The second-order valence-electron chi connectivity index (χ2n) is 7.52. The first-order valence-electron chi connectivity index (χ1n) is 9.98. The van der Waals surface area contributed by atoms with Gasteiger partial charge in [-0.1, -0.05) is 49.3 Å². The molecule has 172 valence electrons. The summed E-state index contributed by atoms with van der Waals surface area (Å²) in [6.45, 7) is 4.07. The summed E-state index contributed by atoms with van der Waals surface area (Å²) >= 11 is 0. The maximum atomic E-state index is 11.9. The highest BCUT2D eigenvalue weighted by Crippen LogP contribution is 2.28. The largest absolute Gasteiger partial charge is 0.464 e. The van der Waals surface area contributed by atoms with E-state index in [9.17, 15) is 13.2 Å². The van der Waals surface area contributed by atoms with E-state index in [-0.39, 0.29) is 33.9 Å². The Morgan fingerprint density at radius 3 is 2.58 bits per heavy atom. The minimum absolute atomic E-state index is 0.000158. The molecule has 0 atom stereocenters. The number of nitrogens with zero attached hydrogens (tertiary/aromatic N) is 3. The Morgan fingerprint density at radius 1 is 1.18 bits per heavy atom. The van der Waals surface area contributed by atoms with Crippen molar-refractivity contribution in [3.05, 3.63) is 71.8 Å². The van der Waals surface area contributed by atoms with Crippen LogP contribution in [0.25, 0.3) is 11.4 Å². The number of carbonyl (C=O) groups excluding carboxylic acids is 1. The van der Waals surface area contributed by atoms with Gasteiger partial charge in [0, 0.05) is 11.8 Å². The average molecular weight is 469 g/mol. The highest BCUT2D eigenvalue weighted by atomic mass is 32.2. The molecule has 0 aliphatic carbocycles. The van der Waals surface area contributed by atoms with Crippen molar-refractivity contribution in [3.63, 3.8) is 0 Å². The molecule has 3 rings (SSSR count). The van der Waals surface area contributed by atoms with E-state index in [0.717, 1.165) is 11.8 Å². The summed E-state index contributed by atoms with van der Waals surface area (Å²) in [5.41, 5.74) is 7.88. The Kier molecular flexibility index (Phi) is 7.07. The van der Waals surface area contributed by atoms with Gasteiger partial charge in [0.25, 0.3) is 5.89 Å². The number of benzene rings is 2. The number of allylic oxidation sites excluding steroid dienone is 1.